The summed E-state index contributed by atoms with van der Waals surface area (Å²) in [5.41, 5.74) is 6.83. The molecule has 0 fully saturated rings. The first kappa shape index (κ1) is 12.1. The van der Waals surface area contributed by atoms with Gasteiger partial charge in [0.1, 0.15) is 5.84 Å². The second-order valence-electron chi connectivity index (χ2n) is 4.59. The number of hydrogen-bond donors (Lipinski definition) is 2. The van der Waals surface area contributed by atoms with E-state index in [1.165, 1.54) is 10.5 Å². The van der Waals surface area contributed by atoms with Crippen LogP contribution in [-0.2, 0) is 5.41 Å². The van der Waals surface area contributed by atoms with Crippen LogP contribution in [0.25, 0.3) is 0 Å². The first-order chi connectivity index (χ1) is 6.89. The fraction of sp³-hybridized carbons (Fsp3) is 0.417. The maximum atomic E-state index is 7.14. The molecule has 1 rings (SSSR count). The third kappa shape index (κ3) is 3.96. The number of amidine groups is 1. The molecule has 0 unspecified atom stereocenters. The molecule has 0 aliphatic rings. The molecule has 0 aliphatic heterocycles. The van der Waals surface area contributed by atoms with Crippen molar-refractivity contribution in [1.29, 1.82) is 5.41 Å². The fourth-order valence-electron chi connectivity index (χ4n) is 1.21. The van der Waals surface area contributed by atoms with Gasteiger partial charge in [-0.15, -0.1) is 11.8 Å². The number of nitrogens with two attached hydrogens (primary N) is 1. The molecular weight excluding hydrogens is 204 g/mol. The number of rotatable bonds is 3. The van der Waals surface area contributed by atoms with Crippen molar-refractivity contribution < 1.29 is 0 Å². The molecule has 3 heteroatoms. The second kappa shape index (κ2) is 4.71. The summed E-state index contributed by atoms with van der Waals surface area (Å²) in [5, 5.41) is 7.14. The van der Waals surface area contributed by atoms with Crippen molar-refractivity contribution in [3.05, 3.63) is 29.8 Å². The Hall–Kier alpha value is -0.960. The third-order valence-electron chi connectivity index (χ3n) is 2.11. The fourth-order valence-corrected chi connectivity index (χ4v) is 1.86. The molecule has 0 spiro atoms. The molecule has 82 valence electrons. The molecule has 0 saturated heterocycles. The van der Waals surface area contributed by atoms with Crippen molar-refractivity contribution in [3.8, 4) is 0 Å². The van der Waals surface area contributed by atoms with Crippen LogP contribution < -0.4 is 5.73 Å². The van der Waals surface area contributed by atoms with Crippen LogP contribution in [0.2, 0.25) is 0 Å². The lowest BCUT2D eigenvalue weighted by Crippen LogP contribution is -2.12. The topological polar surface area (TPSA) is 49.9 Å². The lowest BCUT2D eigenvalue weighted by Gasteiger charge is -2.18. The molecule has 1 aromatic rings. The minimum atomic E-state index is 0.198. The van der Waals surface area contributed by atoms with Crippen LogP contribution in [0, 0.1) is 5.41 Å². The van der Waals surface area contributed by atoms with Gasteiger partial charge in [-0.2, -0.15) is 0 Å². The van der Waals surface area contributed by atoms with Crippen LogP contribution in [0.3, 0.4) is 0 Å². The summed E-state index contributed by atoms with van der Waals surface area (Å²) in [7, 11) is 0. The van der Waals surface area contributed by atoms with Crippen molar-refractivity contribution in [2.24, 2.45) is 5.73 Å². The molecule has 2 nitrogen and oxygen atoms in total. The minimum absolute atomic E-state index is 0.198. The Morgan fingerprint density at radius 2 is 1.80 bits per heavy atom. The predicted molar refractivity (Wildman–Crippen MR) is 67.8 cm³/mol. The van der Waals surface area contributed by atoms with Gasteiger partial charge in [-0.05, 0) is 23.1 Å². The lowest BCUT2D eigenvalue weighted by atomic mass is 9.87. The molecule has 3 N–H and O–H groups in total. The monoisotopic (exact) mass is 222 g/mol. The van der Waals surface area contributed by atoms with Gasteiger partial charge in [0.2, 0.25) is 0 Å². The molecule has 0 saturated carbocycles. The van der Waals surface area contributed by atoms with E-state index in [2.05, 4.69) is 45.0 Å². The van der Waals surface area contributed by atoms with Crippen LogP contribution in [-0.4, -0.2) is 11.6 Å². The zero-order valence-corrected chi connectivity index (χ0v) is 10.3. The summed E-state index contributed by atoms with van der Waals surface area (Å²) < 4.78 is 0. The summed E-state index contributed by atoms with van der Waals surface area (Å²) in [6, 6.07) is 8.47. The van der Waals surface area contributed by atoms with Gasteiger partial charge in [0, 0.05) is 4.90 Å². The van der Waals surface area contributed by atoms with Crippen LogP contribution in [0.15, 0.2) is 29.2 Å². The van der Waals surface area contributed by atoms with Crippen molar-refractivity contribution in [2.45, 2.75) is 31.1 Å². The van der Waals surface area contributed by atoms with Gasteiger partial charge in [0.15, 0.2) is 0 Å². The minimum Gasteiger partial charge on any atom is -0.387 e. The first-order valence-electron chi connectivity index (χ1n) is 4.96. The lowest BCUT2D eigenvalue weighted by molar-refractivity contribution is 0.590. The van der Waals surface area contributed by atoms with E-state index in [-0.39, 0.29) is 11.3 Å². The van der Waals surface area contributed by atoms with E-state index in [0.29, 0.717) is 5.75 Å². The highest BCUT2D eigenvalue weighted by atomic mass is 32.2. The summed E-state index contributed by atoms with van der Waals surface area (Å²) in [6.07, 6.45) is 0. The molecule has 0 aromatic heterocycles. The maximum Gasteiger partial charge on any atom is 0.101 e. The van der Waals surface area contributed by atoms with Gasteiger partial charge in [-0.3, -0.25) is 5.41 Å². The highest BCUT2D eigenvalue weighted by Gasteiger charge is 2.12. The van der Waals surface area contributed by atoms with Gasteiger partial charge in [0.05, 0.1) is 5.75 Å². The summed E-state index contributed by atoms with van der Waals surface area (Å²) in [5.74, 6) is 0.786. The highest BCUT2D eigenvalue weighted by Crippen LogP contribution is 2.25. The largest absolute Gasteiger partial charge is 0.387 e. The summed E-state index contributed by atoms with van der Waals surface area (Å²) in [6.45, 7) is 6.60. The normalized spacial score (nSPS) is 11.4. The van der Waals surface area contributed by atoms with Gasteiger partial charge < -0.3 is 5.73 Å². The predicted octanol–water partition coefficient (Wildman–Crippen LogP) is 3.01. The molecule has 15 heavy (non-hydrogen) atoms. The Bertz CT molecular complexity index is 336. The van der Waals surface area contributed by atoms with Crippen LogP contribution in [0.4, 0.5) is 0 Å². The summed E-state index contributed by atoms with van der Waals surface area (Å²) in [4.78, 5) is 1.17. The Morgan fingerprint density at radius 3 is 2.20 bits per heavy atom. The Morgan fingerprint density at radius 1 is 1.27 bits per heavy atom. The van der Waals surface area contributed by atoms with Crippen molar-refractivity contribution in [1.82, 2.24) is 0 Å². The molecule has 0 radical (unpaired) electrons. The van der Waals surface area contributed by atoms with Crippen LogP contribution in [0.1, 0.15) is 26.3 Å². The van der Waals surface area contributed by atoms with Crippen molar-refractivity contribution in [3.63, 3.8) is 0 Å². The summed E-state index contributed by atoms with van der Waals surface area (Å²) >= 11 is 1.60. The average Bonchev–Trinajstić information content (AvgIpc) is 2.14. The number of nitrogens with one attached hydrogen (secondary N) is 1. The molecule has 0 amide bonds. The first-order valence-corrected chi connectivity index (χ1v) is 5.94. The van der Waals surface area contributed by atoms with E-state index in [1.807, 2.05) is 0 Å². The molecule has 0 atom stereocenters. The zero-order valence-electron chi connectivity index (χ0n) is 9.50. The number of hydrogen-bond acceptors (Lipinski definition) is 2. The average molecular weight is 222 g/mol. The standard InChI is InChI=1S/C12H18N2S/c1-12(2,3)9-4-6-10(7-5-9)15-8-11(13)14/h4-7H,8H2,1-3H3,(H3,13,14). The molecular formula is C12H18N2S. The maximum absolute atomic E-state index is 7.14. The van der Waals surface area contributed by atoms with Crippen molar-refractivity contribution in [2.75, 3.05) is 5.75 Å². The molecule has 0 aliphatic carbocycles. The van der Waals surface area contributed by atoms with Crippen molar-refractivity contribution >= 4 is 17.6 Å². The van der Waals surface area contributed by atoms with Gasteiger partial charge >= 0.3 is 0 Å². The highest BCUT2D eigenvalue weighted by molar-refractivity contribution is 8.00. The van der Waals surface area contributed by atoms with E-state index >= 15 is 0 Å². The van der Waals surface area contributed by atoms with Crippen LogP contribution >= 0.6 is 11.8 Å². The van der Waals surface area contributed by atoms with E-state index < -0.39 is 0 Å². The number of thioether (sulfide) groups is 1. The number of benzene rings is 1. The van der Waals surface area contributed by atoms with Crippen LogP contribution in [0.5, 0.6) is 0 Å². The van der Waals surface area contributed by atoms with E-state index in [1.54, 1.807) is 11.8 Å². The van der Waals surface area contributed by atoms with E-state index in [9.17, 15) is 0 Å². The quantitative estimate of drug-likeness (QED) is 0.469. The van der Waals surface area contributed by atoms with Gasteiger partial charge in [-0.1, -0.05) is 32.9 Å². The molecule has 0 bridgehead atoms. The SMILES string of the molecule is CC(C)(C)c1ccc(SCC(=N)N)cc1. The molecule has 1 aromatic carbocycles. The van der Waals surface area contributed by atoms with Gasteiger partial charge in [0.25, 0.3) is 0 Å². The Labute approximate surface area is 95.8 Å². The Balaban J connectivity index is 2.69. The third-order valence-corrected chi connectivity index (χ3v) is 3.18. The molecule has 0 heterocycles. The van der Waals surface area contributed by atoms with E-state index in [4.69, 9.17) is 11.1 Å². The zero-order chi connectivity index (χ0) is 11.5. The second-order valence-corrected chi connectivity index (χ2v) is 5.64. The Kier molecular flexibility index (Phi) is 3.80. The van der Waals surface area contributed by atoms with Gasteiger partial charge in [-0.25, -0.2) is 0 Å². The van der Waals surface area contributed by atoms with E-state index in [0.717, 1.165) is 0 Å². The smallest absolute Gasteiger partial charge is 0.101 e.